The Morgan fingerprint density at radius 3 is 2.89 bits per heavy atom. The quantitative estimate of drug-likeness (QED) is 0.540. The number of aliphatic hydroxyl groups is 1. The number of aliphatic hydroxyl groups excluding tert-OH is 1. The lowest BCUT2D eigenvalue weighted by molar-refractivity contribution is 0.263. The normalized spacial score (nSPS) is 18.9. The molecule has 6 heteroatoms. The first-order valence-electron chi connectivity index (χ1n) is 6.89. The summed E-state index contributed by atoms with van der Waals surface area (Å²) in [6.45, 7) is 6.22. The van der Waals surface area contributed by atoms with Crippen molar-refractivity contribution in [3.8, 4) is 0 Å². The molecule has 2 heterocycles. The lowest BCUT2D eigenvalue weighted by Crippen LogP contribution is -2.24. The van der Waals surface area contributed by atoms with Crippen LogP contribution >= 0.6 is 0 Å². The minimum Gasteiger partial charge on any atom is -0.396 e. The summed E-state index contributed by atoms with van der Waals surface area (Å²) in [6, 6.07) is 0. The molecule has 0 aliphatic carbocycles. The van der Waals surface area contributed by atoms with Gasteiger partial charge in [0.05, 0.1) is 0 Å². The third kappa shape index (κ3) is 2.96. The van der Waals surface area contributed by atoms with E-state index in [9.17, 15) is 0 Å². The number of hydrogen-bond acceptors (Lipinski definition) is 6. The van der Waals surface area contributed by atoms with Crippen molar-refractivity contribution < 1.29 is 5.11 Å². The summed E-state index contributed by atoms with van der Waals surface area (Å²) in [5, 5.41) is 9.03. The number of hydrazine groups is 1. The van der Waals surface area contributed by atoms with Crippen molar-refractivity contribution in [2.45, 2.75) is 33.1 Å². The number of nitrogens with one attached hydrogen (secondary N) is 1. The number of hydrogen-bond donors (Lipinski definition) is 3. The molecule has 1 aliphatic rings. The van der Waals surface area contributed by atoms with Gasteiger partial charge in [-0.2, -0.15) is 0 Å². The molecular weight excluding hydrogens is 242 g/mol. The molecule has 1 unspecified atom stereocenters. The maximum Gasteiger partial charge on any atom is 0.148 e. The number of nitrogens with two attached hydrogens (primary N) is 1. The largest absolute Gasteiger partial charge is 0.396 e. The Hall–Kier alpha value is -1.40. The van der Waals surface area contributed by atoms with Crippen molar-refractivity contribution in [2.75, 3.05) is 30.0 Å². The number of aromatic nitrogens is 2. The molecule has 0 radical (unpaired) electrons. The molecule has 6 nitrogen and oxygen atoms in total. The molecule has 4 N–H and O–H groups in total. The van der Waals surface area contributed by atoms with Gasteiger partial charge in [-0.15, -0.1) is 0 Å². The smallest absolute Gasteiger partial charge is 0.148 e. The molecule has 2 rings (SSSR count). The predicted octanol–water partition coefficient (Wildman–Crippen LogP) is 0.842. The van der Waals surface area contributed by atoms with E-state index in [2.05, 4.69) is 20.3 Å². The number of aryl methyl sites for hydroxylation is 1. The van der Waals surface area contributed by atoms with Crippen LogP contribution in [0.2, 0.25) is 0 Å². The van der Waals surface area contributed by atoms with E-state index < -0.39 is 0 Å². The van der Waals surface area contributed by atoms with Gasteiger partial charge in [-0.3, -0.25) is 0 Å². The lowest BCUT2D eigenvalue weighted by Gasteiger charge is -2.21. The lowest BCUT2D eigenvalue weighted by atomic mass is 10.1. The van der Waals surface area contributed by atoms with E-state index in [0.717, 1.165) is 49.6 Å². The Kier molecular flexibility index (Phi) is 4.55. The highest BCUT2D eigenvalue weighted by Gasteiger charge is 2.25. The fourth-order valence-electron chi connectivity index (χ4n) is 2.60. The standard InChI is InChI=1S/C13H23N5O/c1-3-11-15-12(17-14)9(2)13(16-11)18-6-4-10(8-18)5-7-19/h10,19H,3-8,14H2,1-2H3,(H,15,16,17). The van der Waals surface area contributed by atoms with Crippen LogP contribution in [0.5, 0.6) is 0 Å². The van der Waals surface area contributed by atoms with E-state index in [1.54, 1.807) is 0 Å². The van der Waals surface area contributed by atoms with E-state index in [1.165, 1.54) is 0 Å². The molecular formula is C13H23N5O. The van der Waals surface area contributed by atoms with Crippen LogP contribution in [-0.4, -0.2) is 34.8 Å². The van der Waals surface area contributed by atoms with Gasteiger partial charge in [0.25, 0.3) is 0 Å². The van der Waals surface area contributed by atoms with Gasteiger partial charge in [0.15, 0.2) is 0 Å². The molecule has 0 aromatic carbocycles. The molecule has 0 saturated carbocycles. The monoisotopic (exact) mass is 265 g/mol. The van der Waals surface area contributed by atoms with Crippen molar-refractivity contribution in [2.24, 2.45) is 11.8 Å². The van der Waals surface area contributed by atoms with E-state index in [1.807, 2.05) is 13.8 Å². The van der Waals surface area contributed by atoms with Crippen LogP contribution in [0.4, 0.5) is 11.6 Å². The Labute approximate surface area is 114 Å². The van der Waals surface area contributed by atoms with E-state index in [0.29, 0.717) is 11.7 Å². The maximum atomic E-state index is 9.03. The van der Waals surface area contributed by atoms with Gasteiger partial charge in [-0.05, 0) is 25.7 Å². The molecule has 1 atom stereocenters. The second kappa shape index (κ2) is 6.16. The van der Waals surface area contributed by atoms with Crippen molar-refractivity contribution in [3.05, 3.63) is 11.4 Å². The first-order valence-corrected chi connectivity index (χ1v) is 6.89. The summed E-state index contributed by atoms with van der Waals surface area (Å²) >= 11 is 0. The molecule has 1 aliphatic heterocycles. The van der Waals surface area contributed by atoms with Gasteiger partial charge >= 0.3 is 0 Å². The molecule has 0 spiro atoms. The maximum absolute atomic E-state index is 9.03. The van der Waals surface area contributed by atoms with Crippen LogP contribution in [-0.2, 0) is 6.42 Å². The van der Waals surface area contributed by atoms with Gasteiger partial charge in [0.1, 0.15) is 17.5 Å². The average Bonchev–Trinajstić information content (AvgIpc) is 2.88. The first kappa shape index (κ1) is 14.0. The average molecular weight is 265 g/mol. The SMILES string of the molecule is CCc1nc(NN)c(C)c(N2CCC(CCO)C2)n1. The van der Waals surface area contributed by atoms with Gasteiger partial charge in [-0.25, -0.2) is 15.8 Å². The molecule has 0 bridgehead atoms. The van der Waals surface area contributed by atoms with Crippen LogP contribution < -0.4 is 16.2 Å². The van der Waals surface area contributed by atoms with Crippen molar-refractivity contribution in [3.63, 3.8) is 0 Å². The third-order valence-corrected chi connectivity index (χ3v) is 3.74. The van der Waals surface area contributed by atoms with E-state index >= 15 is 0 Å². The van der Waals surface area contributed by atoms with Crippen molar-refractivity contribution in [1.82, 2.24) is 9.97 Å². The van der Waals surface area contributed by atoms with Gasteiger partial charge in [0, 0.05) is 31.7 Å². The molecule has 0 amide bonds. The number of nitrogens with zero attached hydrogens (tertiary/aromatic N) is 3. The Morgan fingerprint density at radius 2 is 2.26 bits per heavy atom. The van der Waals surface area contributed by atoms with E-state index in [-0.39, 0.29) is 6.61 Å². The second-order valence-corrected chi connectivity index (χ2v) is 5.05. The highest BCUT2D eigenvalue weighted by atomic mass is 16.3. The highest BCUT2D eigenvalue weighted by Crippen LogP contribution is 2.29. The summed E-state index contributed by atoms with van der Waals surface area (Å²) in [6.07, 6.45) is 2.76. The minimum atomic E-state index is 0.261. The fraction of sp³-hybridized carbons (Fsp3) is 0.692. The number of anilines is 2. The van der Waals surface area contributed by atoms with Crippen molar-refractivity contribution >= 4 is 11.6 Å². The second-order valence-electron chi connectivity index (χ2n) is 5.05. The predicted molar refractivity (Wildman–Crippen MR) is 76.0 cm³/mol. The van der Waals surface area contributed by atoms with E-state index in [4.69, 9.17) is 10.9 Å². The Morgan fingerprint density at radius 1 is 1.47 bits per heavy atom. The third-order valence-electron chi connectivity index (χ3n) is 3.74. The zero-order valence-corrected chi connectivity index (χ0v) is 11.7. The van der Waals surface area contributed by atoms with Gasteiger partial charge in [0.2, 0.25) is 0 Å². The van der Waals surface area contributed by atoms with Gasteiger partial charge < -0.3 is 15.4 Å². The zero-order valence-electron chi connectivity index (χ0n) is 11.7. The summed E-state index contributed by atoms with van der Waals surface area (Å²) in [4.78, 5) is 11.3. The molecule has 1 fully saturated rings. The topological polar surface area (TPSA) is 87.3 Å². The summed E-state index contributed by atoms with van der Waals surface area (Å²) in [7, 11) is 0. The molecule has 19 heavy (non-hydrogen) atoms. The van der Waals surface area contributed by atoms with Crippen LogP contribution in [0, 0.1) is 12.8 Å². The number of nitrogen functional groups attached to an aromatic ring is 1. The van der Waals surface area contributed by atoms with Crippen LogP contribution in [0.15, 0.2) is 0 Å². The number of rotatable bonds is 5. The van der Waals surface area contributed by atoms with Crippen LogP contribution in [0.25, 0.3) is 0 Å². The van der Waals surface area contributed by atoms with Gasteiger partial charge in [-0.1, -0.05) is 6.92 Å². The van der Waals surface area contributed by atoms with Crippen LogP contribution in [0.3, 0.4) is 0 Å². The molecule has 1 aromatic rings. The minimum absolute atomic E-state index is 0.261. The Bertz CT molecular complexity index is 437. The molecule has 106 valence electrons. The fourth-order valence-corrected chi connectivity index (χ4v) is 2.60. The first-order chi connectivity index (χ1) is 9.19. The summed E-state index contributed by atoms with van der Waals surface area (Å²) in [5.41, 5.74) is 3.64. The molecule has 1 aromatic heterocycles. The van der Waals surface area contributed by atoms with Crippen molar-refractivity contribution in [1.29, 1.82) is 0 Å². The molecule has 1 saturated heterocycles. The summed E-state index contributed by atoms with van der Waals surface area (Å²) in [5.74, 6) is 8.56. The van der Waals surface area contributed by atoms with Crippen LogP contribution in [0.1, 0.15) is 31.2 Å². The zero-order chi connectivity index (χ0) is 13.8. The summed E-state index contributed by atoms with van der Waals surface area (Å²) < 4.78 is 0. The highest BCUT2D eigenvalue weighted by molar-refractivity contribution is 5.58. The Balaban J connectivity index is 2.24.